The number of hydrogen-bond donors (Lipinski definition) is 3. The van der Waals surface area contributed by atoms with E-state index in [0.717, 1.165) is 11.1 Å². The third-order valence-electron chi connectivity index (χ3n) is 8.03. The molecule has 4 aromatic rings. The normalized spacial score (nSPS) is 18.5. The van der Waals surface area contributed by atoms with Crippen molar-refractivity contribution < 1.29 is 23.9 Å². The van der Waals surface area contributed by atoms with Gasteiger partial charge in [-0.15, -0.1) is 5.10 Å². The second kappa shape index (κ2) is 16.9. The molecule has 1 aliphatic heterocycles. The van der Waals surface area contributed by atoms with Gasteiger partial charge >= 0.3 is 0 Å². The van der Waals surface area contributed by atoms with Gasteiger partial charge in [0.05, 0.1) is 24.2 Å². The lowest BCUT2D eigenvalue weighted by Crippen LogP contribution is -2.56. The average Bonchev–Trinajstić information content (AvgIpc) is 3.56. The molecule has 1 aliphatic rings. The van der Waals surface area contributed by atoms with Gasteiger partial charge in [-0.25, -0.2) is 14.6 Å². The molecule has 0 fully saturated rings. The summed E-state index contributed by atoms with van der Waals surface area (Å²) in [5, 5.41) is 17.1. The molecule has 14 heteroatoms. The summed E-state index contributed by atoms with van der Waals surface area (Å²) < 4.78 is 7.60. The van der Waals surface area contributed by atoms with Gasteiger partial charge < -0.3 is 25.6 Å². The lowest BCUT2D eigenvalue weighted by atomic mass is 10.0. The number of nitrogens with zero attached hydrogens (tertiary/aromatic N) is 6. The third-order valence-corrected chi connectivity index (χ3v) is 8.03. The number of hydrogen-bond acceptors (Lipinski definition) is 9. The van der Waals surface area contributed by atoms with Crippen molar-refractivity contribution in [1.82, 2.24) is 45.8 Å². The van der Waals surface area contributed by atoms with Gasteiger partial charge in [0, 0.05) is 51.1 Å². The first-order valence-corrected chi connectivity index (χ1v) is 16.3. The van der Waals surface area contributed by atoms with E-state index in [4.69, 9.17) is 4.74 Å². The van der Waals surface area contributed by atoms with Crippen molar-refractivity contribution in [3.8, 4) is 5.75 Å². The zero-order valence-electron chi connectivity index (χ0n) is 27.6. The number of rotatable bonds is 4. The Kier molecular flexibility index (Phi) is 12.0. The molecule has 0 aliphatic carbocycles. The average molecular weight is 668 g/mol. The minimum atomic E-state index is -0.940. The predicted molar refractivity (Wildman–Crippen MR) is 179 cm³/mol. The smallest absolute Gasteiger partial charge is 0.257 e. The first-order chi connectivity index (χ1) is 23.7. The maximum Gasteiger partial charge on any atom is 0.257 e. The van der Waals surface area contributed by atoms with Gasteiger partial charge in [-0.05, 0) is 29.2 Å². The molecule has 256 valence electrons. The molecule has 0 spiro atoms. The highest BCUT2D eigenvalue weighted by molar-refractivity contribution is 5.94. The Bertz CT molecular complexity index is 1710. The highest BCUT2D eigenvalue weighted by atomic mass is 16.5. The Hall–Kier alpha value is -5.66. The summed E-state index contributed by atoms with van der Waals surface area (Å²) in [5.41, 5.74) is 2.57. The molecule has 0 radical (unpaired) electrons. The van der Waals surface area contributed by atoms with Crippen molar-refractivity contribution in [2.24, 2.45) is 5.92 Å². The molecule has 0 unspecified atom stereocenters. The minimum absolute atomic E-state index is 0.0401. The van der Waals surface area contributed by atoms with Crippen molar-refractivity contribution in [3.05, 3.63) is 102 Å². The van der Waals surface area contributed by atoms with Crippen LogP contribution in [0.4, 0.5) is 0 Å². The Morgan fingerprint density at radius 3 is 2.53 bits per heavy atom. The third kappa shape index (κ3) is 10.2. The maximum absolute atomic E-state index is 13.6. The molecule has 49 heavy (non-hydrogen) atoms. The minimum Gasteiger partial charge on any atom is -0.492 e. The van der Waals surface area contributed by atoms with Crippen LogP contribution in [0.1, 0.15) is 41.0 Å². The van der Waals surface area contributed by atoms with Crippen molar-refractivity contribution in [3.63, 3.8) is 0 Å². The van der Waals surface area contributed by atoms with Gasteiger partial charge in [-0.1, -0.05) is 61.5 Å². The second-order valence-corrected chi connectivity index (χ2v) is 12.1. The summed E-state index contributed by atoms with van der Waals surface area (Å²) in [7, 11) is 0. The van der Waals surface area contributed by atoms with Crippen molar-refractivity contribution >= 4 is 23.6 Å². The number of carbonyl (C=O) groups excluding carboxylic acids is 4. The van der Waals surface area contributed by atoms with Crippen LogP contribution in [0, 0.1) is 5.92 Å². The number of fused-ring (bicyclic) bond motifs is 4. The quantitative estimate of drug-likeness (QED) is 0.291. The van der Waals surface area contributed by atoms with Crippen LogP contribution in [-0.4, -0.2) is 91.8 Å². The van der Waals surface area contributed by atoms with E-state index in [-0.39, 0.29) is 43.7 Å². The summed E-state index contributed by atoms with van der Waals surface area (Å²) in [6.07, 6.45) is 6.72. The molecule has 3 N–H and O–H groups in total. The fraction of sp³-hybridized carbons (Fsp3) is 0.371. The SMILES string of the molecule is CC(C)[C@H]1NC(=O)Cc2cccc(c2)OCCn2cc(nn2)CCN(C(=O)c2cncnc2)CCNC(=O)[C@H](Cc2ccccc2)NC1=O. The summed E-state index contributed by atoms with van der Waals surface area (Å²) >= 11 is 0. The molecular formula is C35H41N9O5. The molecule has 14 nitrogen and oxygen atoms in total. The van der Waals surface area contributed by atoms with Crippen LogP contribution < -0.4 is 20.7 Å². The zero-order chi connectivity index (χ0) is 34.6. The van der Waals surface area contributed by atoms with Crippen LogP contribution in [0.3, 0.4) is 0 Å². The Labute approximate surface area is 284 Å². The lowest BCUT2D eigenvalue weighted by molar-refractivity contribution is -0.132. The highest BCUT2D eigenvalue weighted by Crippen LogP contribution is 2.15. The van der Waals surface area contributed by atoms with Gasteiger partial charge in [0.2, 0.25) is 17.7 Å². The maximum atomic E-state index is 13.6. The van der Waals surface area contributed by atoms with Gasteiger partial charge in [0.1, 0.15) is 30.8 Å². The Balaban J connectivity index is 1.39. The van der Waals surface area contributed by atoms with Gasteiger partial charge in [0.15, 0.2) is 0 Å². The largest absolute Gasteiger partial charge is 0.492 e. The first kappa shape index (κ1) is 34.7. The summed E-state index contributed by atoms with van der Waals surface area (Å²) in [4.78, 5) is 63.5. The van der Waals surface area contributed by atoms with E-state index in [0.29, 0.717) is 43.1 Å². The molecular weight excluding hydrogens is 626 g/mol. The van der Waals surface area contributed by atoms with Gasteiger partial charge in [-0.3, -0.25) is 19.2 Å². The predicted octanol–water partition coefficient (Wildman–Crippen LogP) is 1.37. The van der Waals surface area contributed by atoms with Crippen molar-refractivity contribution in [2.45, 2.75) is 51.7 Å². The second-order valence-electron chi connectivity index (χ2n) is 12.1. The molecule has 2 aromatic heterocycles. The summed E-state index contributed by atoms with van der Waals surface area (Å²) in [5.74, 6) is -1.18. The fourth-order valence-electron chi connectivity index (χ4n) is 5.42. The van der Waals surface area contributed by atoms with E-state index in [9.17, 15) is 19.2 Å². The van der Waals surface area contributed by atoms with Gasteiger partial charge in [-0.2, -0.15) is 0 Å². The van der Waals surface area contributed by atoms with Crippen LogP contribution in [0.15, 0.2) is 79.5 Å². The molecule has 4 amide bonds. The van der Waals surface area contributed by atoms with Crippen LogP contribution in [0.2, 0.25) is 0 Å². The van der Waals surface area contributed by atoms with Gasteiger partial charge in [0.25, 0.3) is 5.91 Å². The molecule has 5 rings (SSSR count). The van der Waals surface area contributed by atoms with E-state index in [1.54, 1.807) is 34.0 Å². The molecule has 2 aromatic carbocycles. The number of benzene rings is 2. The first-order valence-electron chi connectivity index (χ1n) is 16.3. The summed E-state index contributed by atoms with van der Waals surface area (Å²) in [6.45, 7) is 5.01. The van der Waals surface area contributed by atoms with E-state index >= 15 is 0 Å². The molecule has 4 bridgehead atoms. The molecule has 0 saturated carbocycles. The number of ether oxygens (including phenoxy) is 1. The van der Waals surface area contributed by atoms with E-state index in [1.165, 1.54) is 18.7 Å². The number of nitrogens with one attached hydrogen (secondary N) is 3. The van der Waals surface area contributed by atoms with Crippen molar-refractivity contribution in [1.29, 1.82) is 0 Å². The number of aromatic nitrogens is 5. The van der Waals surface area contributed by atoms with Crippen LogP contribution in [0.5, 0.6) is 5.75 Å². The Morgan fingerprint density at radius 1 is 0.959 bits per heavy atom. The molecule has 2 atom stereocenters. The number of carbonyl (C=O) groups is 4. The molecule has 3 heterocycles. The van der Waals surface area contributed by atoms with Crippen LogP contribution in [0.25, 0.3) is 0 Å². The Morgan fingerprint density at radius 2 is 1.76 bits per heavy atom. The fourth-order valence-corrected chi connectivity index (χ4v) is 5.42. The van der Waals surface area contributed by atoms with E-state index in [1.807, 2.05) is 50.2 Å². The zero-order valence-corrected chi connectivity index (χ0v) is 27.6. The monoisotopic (exact) mass is 667 g/mol. The number of amides is 4. The van der Waals surface area contributed by atoms with E-state index in [2.05, 4.69) is 36.2 Å². The lowest BCUT2D eigenvalue weighted by Gasteiger charge is -2.26. The molecule has 0 saturated heterocycles. The highest BCUT2D eigenvalue weighted by Gasteiger charge is 2.29. The standard InChI is InChI=1S/C35H41N9O5/c1-24(2)32-34(47)39-30(18-25-7-4-3-5-8-25)33(46)38-12-14-43(35(48)27-20-36-23-37-21-27)13-11-28-22-44(42-41-28)15-16-49-29-10-6-9-26(17-29)19-31(45)40-32/h3-10,17,20-24,30,32H,11-16,18-19H2,1-2H3,(H,38,46)(H,39,47)(H,40,45)/t30-,32+/m0/s1. The van der Waals surface area contributed by atoms with Crippen LogP contribution in [-0.2, 0) is 40.2 Å². The van der Waals surface area contributed by atoms with Crippen molar-refractivity contribution in [2.75, 3.05) is 26.2 Å². The summed E-state index contributed by atoms with van der Waals surface area (Å²) in [6, 6.07) is 14.7. The topological polar surface area (TPSA) is 173 Å². The van der Waals surface area contributed by atoms with Crippen LogP contribution >= 0.6 is 0 Å². The van der Waals surface area contributed by atoms with E-state index < -0.39 is 23.9 Å².